The molecule has 0 aromatic carbocycles. The van der Waals surface area contributed by atoms with E-state index in [0.29, 0.717) is 0 Å². The second kappa shape index (κ2) is 10.6. The number of piperidine rings is 1. The van der Waals surface area contributed by atoms with Crippen molar-refractivity contribution >= 4 is 47.7 Å². The normalized spacial score (nSPS) is 17.0. The monoisotopic (exact) mass is 443 g/mol. The number of esters is 1. The van der Waals surface area contributed by atoms with Gasteiger partial charge in [-0.25, -0.2) is 0 Å². The van der Waals surface area contributed by atoms with Gasteiger partial charge in [-0.1, -0.05) is 0 Å². The molecule has 0 saturated carbocycles. The minimum absolute atomic E-state index is 0. The number of guanidine groups is 1. The van der Waals surface area contributed by atoms with Crippen LogP contribution >= 0.6 is 35.7 Å². The van der Waals surface area contributed by atoms with Crippen molar-refractivity contribution in [1.82, 2.24) is 10.2 Å². The lowest BCUT2D eigenvalue weighted by Gasteiger charge is -2.33. The summed E-state index contributed by atoms with van der Waals surface area (Å²) < 4.78 is 4.98. The molecule has 5 nitrogen and oxygen atoms in total. The van der Waals surface area contributed by atoms with Crippen molar-refractivity contribution in [3.05, 3.63) is 0 Å². The number of nitrogens with one attached hydrogen (secondary N) is 1. The first-order chi connectivity index (χ1) is 9.93. The van der Waals surface area contributed by atoms with E-state index in [1.165, 1.54) is 7.11 Å². The number of halogens is 1. The van der Waals surface area contributed by atoms with Crippen LogP contribution in [0.3, 0.4) is 0 Å². The summed E-state index contributed by atoms with van der Waals surface area (Å²) in [6.45, 7) is 9.83. The Morgan fingerprint density at radius 2 is 2.00 bits per heavy atom. The number of carbonyl (C=O) groups excluding carboxylic acids is 1. The van der Waals surface area contributed by atoms with Gasteiger partial charge < -0.3 is 15.0 Å². The summed E-state index contributed by atoms with van der Waals surface area (Å²) in [6.07, 6.45) is 3.79. The minimum Gasteiger partial charge on any atom is -0.469 e. The molecule has 0 aliphatic carbocycles. The fourth-order valence-electron chi connectivity index (χ4n) is 2.25. The summed E-state index contributed by atoms with van der Waals surface area (Å²) in [4.78, 5) is 18.6. The summed E-state index contributed by atoms with van der Waals surface area (Å²) in [5.41, 5.74) is 0. The number of nitrogens with zero attached hydrogens (tertiary/aromatic N) is 2. The second-order valence-electron chi connectivity index (χ2n) is 5.92. The molecule has 130 valence electrons. The molecule has 0 atom stereocenters. The number of rotatable bonds is 5. The van der Waals surface area contributed by atoms with Crippen LogP contribution in [-0.4, -0.2) is 61.1 Å². The van der Waals surface area contributed by atoms with Gasteiger partial charge in [0.1, 0.15) is 0 Å². The van der Waals surface area contributed by atoms with Gasteiger partial charge in [-0.05, 0) is 39.9 Å². The van der Waals surface area contributed by atoms with Gasteiger partial charge in [-0.2, -0.15) is 11.8 Å². The van der Waals surface area contributed by atoms with E-state index in [0.717, 1.165) is 45.0 Å². The van der Waals surface area contributed by atoms with Crippen LogP contribution < -0.4 is 5.32 Å². The maximum absolute atomic E-state index is 11.6. The topological polar surface area (TPSA) is 53.9 Å². The Morgan fingerprint density at radius 3 is 2.45 bits per heavy atom. The predicted molar refractivity (Wildman–Crippen MR) is 105 cm³/mol. The highest BCUT2D eigenvalue weighted by Gasteiger charge is 2.27. The van der Waals surface area contributed by atoms with E-state index in [-0.39, 0.29) is 40.6 Å². The van der Waals surface area contributed by atoms with Gasteiger partial charge in [-0.15, -0.1) is 24.0 Å². The zero-order chi connectivity index (χ0) is 15.9. The molecule has 0 aromatic rings. The molecular formula is C15H30IN3O2S. The summed E-state index contributed by atoms with van der Waals surface area (Å²) in [5.74, 6) is 0.916. The molecule has 1 aliphatic heterocycles. The molecular weight excluding hydrogens is 413 g/mol. The molecule has 1 N–H and O–H groups in total. The fraction of sp³-hybridized carbons (Fsp3) is 0.867. The van der Waals surface area contributed by atoms with Crippen LogP contribution in [0.5, 0.6) is 0 Å². The lowest BCUT2D eigenvalue weighted by atomic mass is 9.97. The van der Waals surface area contributed by atoms with Crippen LogP contribution in [0.25, 0.3) is 0 Å². The van der Waals surface area contributed by atoms with Crippen molar-refractivity contribution in [2.75, 3.05) is 39.5 Å². The third-order valence-corrected chi connectivity index (χ3v) is 5.06. The van der Waals surface area contributed by atoms with Crippen LogP contribution in [0.4, 0.5) is 0 Å². The average molecular weight is 443 g/mol. The van der Waals surface area contributed by atoms with Gasteiger partial charge in [0, 0.05) is 24.4 Å². The average Bonchev–Trinajstić information content (AvgIpc) is 2.51. The van der Waals surface area contributed by atoms with E-state index < -0.39 is 0 Å². The molecule has 7 heteroatoms. The molecule has 1 fully saturated rings. The second-order valence-corrected chi connectivity index (χ2v) is 7.43. The van der Waals surface area contributed by atoms with Gasteiger partial charge in [0.15, 0.2) is 5.96 Å². The molecule has 0 bridgehead atoms. The van der Waals surface area contributed by atoms with E-state index in [1.54, 1.807) is 0 Å². The summed E-state index contributed by atoms with van der Waals surface area (Å²) in [6, 6.07) is 0. The van der Waals surface area contributed by atoms with Gasteiger partial charge in [-0.3, -0.25) is 9.79 Å². The van der Waals surface area contributed by atoms with Gasteiger partial charge in [0.05, 0.1) is 19.6 Å². The Morgan fingerprint density at radius 1 is 1.41 bits per heavy atom. The maximum atomic E-state index is 11.6. The van der Waals surface area contributed by atoms with Gasteiger partial charge >= 0.3 is 5.97 Å². The Kier molecular flexibility index (Phi) is 10.5. The Labute approximate surface area is 156 Å². The first-order valence-corrected chi connectivity index (χ1v) is 8.82. The quantitative estimate of drug-likeness (QED) is 0.307. The van der Waals surface area contributed by atoms with Crippen LogP contribution in [0.1, 0.15) is 33.6 Å². The molecule has 0 aromatic heterocycles. The third-order valence-electron chi connectivity index (χ3n) is 3.83. The number of aliphatic imine (C=N–C) groups is 1. The van der Waals surface area contributed by atoms with Crippen molar-refractivity contribution in [3.8, 4) is 0 Å². The SMILES string of the molecule is CCNC(=NCC(C)(C)SC)N1CCC(C(=O)OC)CC1.I. The summed E-state index contributed by atoms with van der Waals surface area (Å²) in [7, 11) is 1.46. The van der Waals surface area contributed by atoms with Crippen molar-refractivity contribution in [2.45, 2.75) is 38.4 Å². The third kappa shape index (κ3) is 6.93. The zero-order valence-corrected chi connectivity index (χ0v) is 17.5. The van der Waals surface area contributed by atoms with Crippen molar-refractivity contribution in [3.63, 3.8) is 0 Å². The first-order valence-electron chi connectivity index (χ1n) is 7.59. The number of ether oxygens (including phenoxy) is 1. The maximum Gasteiger partial charge on any atom is 0.308 e. The molecule has 0 unspecified atom stereocenters. The summed E-state index contributed by atoms with van der Waals surface area (Å²) in [5, 5.41) is 3.36. The highest BCUT2D eigenvalue weighted by molar-refractivity contribution is 14.0. The minimum atomic E-state index is -0.0832. The highest BCUT2D eigenvalue weighted by atomic mass is 127. The van der Waals surface area contributed by atoms with Crippen LogP contribution in [0, 0.1) is 5.92 Å². The fourth-order valence-corrected chi connectivity index (χ4v) is 2.44. The Hall–Kier alpha value is -0.180. The van der Waals surface area contributed by atoms with E-state index in [4.69, 9.17) is 9.73 Å². The van der Waals surface area contributed by atoms with Gasteiger partial charge in [0.25, 0.3) is 0 Å². The molecule has 1 heterocycles. The number of carbonyl (C=O) groups is 1. The molecule has 22 heavy (non-hydrogen) atoms. The van der Waals surface area contributed by atoms with E-state index >= 15 is 0 Å². The molecule has 0 spiro atoms. The number of likely N-dealkylation sites (tertiary alicyclic amines) is 1. The van der Waals surface area contributed by atoms with Crippen molar-refractivity contribution in [1.29, 1.82) is 0 Å². The Balaban J connectivity index is 0.00000441. The molecule has 1 rings (SSSR count). The van der Waals surface area contributed by atoms with E-state index in [1.807, 2.05) is 11.8 Å². The molecule has 0 radical (unpaired) electrons. The molecule has 1 saturated heterocycles. The van der Waals surface area contributed by atoms with Crippen molar-refractivity contribution in [2.24, 2.45) is 10.9 Å². The van der Waals surface area contributed by atoms with Crippen LogP contribution in [0.2, 0.25) is 0 Å². The standard InChI is InChI=1S/C15H29N3O2S.HI/c1-6-16-14(17-11-15(2,3)21-5)18-9-7-12(8-10-18)13(19)20-4;/h12H,6-11H2,1-5H3,(H,16,17);1H. The number of hydrogen-bond acceptors (Lipinski definition) is 4. The molecule has 1 aliphatic rings. The number of methoxy groups -OCH3 is 1. The number of hydrogen-bond donors (Lipinski definition) is 1. The first kappa shape index (κ1) is 21.8. The van der Waals surface area contributed by atoms with E-state index in [9.17, 15) is 4.79 Å². The van der Waals surface area contributed by atoms with E-state index in [2.05, 4.69) is 37.2 Å². The number of thioether (sulfide) groups is 1. The largest absolute Gasteiger partial charge is 0.469 e. The van der Waals surface area contributed by atoms with Crippen LogP contribution in [-0.2, 0) is 9.53 Å². The van der Waals surface area contributed by atoms with Crippen LogP contribution in [0.15, 0.2) is 4.99 Å². The lowest BCUT2D eigenvalue weighted by molar-refractivity contribution is -0.146. The summed E-state index contributed by atoms with van der Waals surface area (Å²) >= 11 is 1.83. The smallest absolute Gasteiger partial charge is 0.308 e. The predicted octanol–water partition coefficient (Wildman–Crippen LogP) is 2.60. The lowest BCUT2D eigenvalue weighted by Crippen LogP contribution is -2.47. The Bertz CT molecular complexity index is 370. The zero-order valence-electron chi connectivity index (χ0n) is 14.3. The van der Waals surface area contributed by atoms with Gasteiger partial charge in [0.2, 0.25) is 0 Å². The highest BCUT2D eigenvalue weighted by Crippen LogP contribution is 2.22. The molecule has 0 amide bonds. The van der Waals surface area contributed by atoms with Crippen molar-refractivity contribution < 1.29 is 9.53 Å².